The number of nitrogens with zero attached hydrogens (tertiary/aromatic N) is 2. The van der Waals surface area contributed by atoms with E-state index in [9.17, 15) is 4.79 Å². The van der Waals surface area contributed by atoms with Gasteiger partial charge in [0.2, 0.25) is 0 Å². The van der Waals surface area contributed by atoms with Crippen molar-refractivity contribution in [1.29, 1.82) is 0 Å². The Hall–Kier alpha value is -2.36. The van der Waals surface area contributed by atoms with Crippen molar-refractivity contribution < 1.29 is 13.9 Å². The molecular formula is C22H33N5O3S. The average molecular weight is 448 g/mol. The molecule has 31 heavy (non-hydrogen) atoms. The number of nitrogens with one attached hydrogen (secondary N) is 3. The number of aliphatic imine (C=N–C) groups is 1. The van der Waals surface area contributed by atoms with E-state index in [2.05, 4.69) is 45.3 Å². The minimum absolute atomic E-state index is 0.174. The van der Waals surface area contributed by atoms with Crippen LogP contribution < -0.4 is 16.0 Å². The van der Waals surface area contributed by atoms with Gasteiger partial charge < -0.3 is 25.1 Å². The van der Waals surface area contributed by atoms with Crippen LogP contribution in [0.25, 0.3) is 0 Å². The van der Waals surface area contributed by atoms with Crippen LogP contribution in [0.2, 0.25) is 0 Å². The van der Waals surface area contributed by atoms with Crippen molar-refractivity contribution in [2.24, 2.45) is 4.99 Å². The van der Waals surface area contributed by atoms with Crippen LogP contribution >= 0.6 is 11.3 Å². The lowest BCUT2D eigenvalue weighted by molar-refractivity contribution is 0.0186. The molecule has 1 aliphatic heterocycles. The van der Waals surface area contributed by atoms with E-state index in [1.165, 1.54) is 11.1 Å². The second kappa shape index (κ2) is 12.5. The van der Waals surface area contributed by atoms with E-state index in [0.29, 0.717) is 25.4 Å². The topological polar surface area (TPSA) is 91.1 Å². The second-order valence-corrected chi connectivity index (χ2v) is 8.35. The highest BCUT2D eigenvalue weighted by molar-refractivity contribution is 7.10. The van der Waals surface area contributed by atoms with Gasteiger partial charge in [-0.2, -0.15) is 0 Å². The van der Waals surface area contributed by atoms with Crippen molar-refractivity contribution in [3.8, 4) is 0 Å². The van der Waals surface area contributed by atoms with Gasteiger partial charge in [-0.3, -0.25) is 14.7 Å². The molecule has 9 heteroatoms. The van der Waals surface area contributed by atoms with Crippen molar-refractivity contribution >= 4 is 23.2 Å². The molecule has 3 heterocycles. The number of carbonyl (C=O) groups is 1. The molecule has 0 aliphatic carbocycles. The number of thiophene rings is 1. The summed E-state index contributed by atoms with van der Waals surface area (Å²) < 4.78 is 10.7. The number of hydrogen-bond acceptors (Lipinski definition) is 6. The van der Waals surface area contributed by atoms with Crippen molar-refractivity contribution in [3.63, 3.8) is 0 Å². The Kier molecular flexibility index (Phi) is 9.39. The summed E-state index contributed by atoms with van der Waals surface area (Å²) >= 11 is 1.78. The zero-order chi connectivity index (χ0) is 21.9. The molecule has 1 atom stereocenters. The first kappa shape index (κ1) is 23.3. The maximum absolute atomic E-state index is 12.1. The molecule has 1 aliphatic rings. The number of rotatable bonds is 10. The fraction of sp³-hybridized carbons (Fsp3) is 0.545. The minimum Gasteiger partial charge on any atom is -0.459 e. The Morgan fingerprint density at radius 2 is 2.03 bits per heavy atom. The zero-order valence-electron chi connectivity index (χ0n) is 18.4. The first-order valence-electron chi connectivity index (χ1n) is 10.9. The van der Waals surface area contributed by atoms with Crippen molar-refractivity contribution in [3.05, 3.63) is 46.0 Å². The van der Waals surface area contributed by atoms with Crippen LogP contribution in [0.4, 0.5) is 0 Å². The SMILES string of the molecule is CCNC(=NCC(c1cccs1)N1CCOCC1)NCCCNC(=O)c1occc1C. The molecule has 1 saturated heterocycles. The van der Waals surface area contributed by atoms with Gasteiger partial charge in [-0.05, 0) is 37.8 Å². The van der Waals surface area contributed by atoms with Gasteiger partial charge in [0.25, 0.3) is 5.91 Å². The quantitative estimate of drug-likeness (QED) is 0.294. The molecule has 170 valence electrons. The Bertz CT molecular complexity index is 815. The van der Waals surface area contributed by atoms with E-state index < -0.39 is 0 Å². The predicted octanol–water partition coefficient (Wildman–Crippen LogP) is 2.40. The van der Waals surface area contributed by atoms with Crippen LogP contribution in [0.15, 0.2) is 39.3 Å². The summed E-state index contributed by atoms with van der Waals surface area (Å²) in [5.41, 5.74) is 0.845. The molecule has 3 rings (SSSR count). The van der Waals surface area contributed by atoms with Gasteiger partial charge in [0.1, 0.15) is 0 Å². The summed E-state index contributed by atoms with van der Waals surface area (Å²) in [5, 5.41) is 11.7. The zero-order valence-corrected chi connectivity index (χ0v) is 19.2. The molecule has 8 nitrogen and oxygen atoms in total. The minimum atomic E-state index is -0.174. The lowest BCUT2D eigenvalue weighted by Gasteiger charge is -2.33. The van der Waals surface area contributed by atoms with Crippen LogP contribution in [-0.2, 0) is 4.74 Å². The molecule has 0 bridgehead atoms. The number of amides is 1. The highest BCUT2D eigenvalue weighted by atomic mass is 32.1. The van der Waals surface area contributed by atoms with E-state index in [1.807, 2.05) is 6.92 Å². The number of morpholine rings is 1. The lowest BCUT2D eigenvalue weighted by atomic mass is 10.2. The van der Waals surface area contributed by atoms with E-state index >= 15 is 0 Å². The Balaban J connectivity index is 1.48. The third-order valence-electron chi connectivity index (χ3n) is 5.12. The number of hydrogen-bond donors (Lipinski definition) is 3. The summed E-state index contributed by atoms with van der Waals surface area (Å²) in [6.45, 7) is 10.1. The monoisotopic (exact) mass is 447 g/mol. The van der Waals surface area contributed by atoms with Gasteiger partial charge in [0.05, 0.1) is 32.1 Å². The van der Waals surface area contributed by atoms with Gasteiger partial charge in [0.15, 0.2) is 11.7 Å². The maximum atomic E-state index is 12.1. The molecule has 1 fully saturated rings. The summed E-state index contributed by atoms with van der Waals surface area (Å²) in [4.78, 5) is 20.7. The molecule has 1 amide bonds. The molecule has 3 N–H and O–H groups in total. The fourth-order valence-electron chi connectivity index (χ4n) is 3.46. The number of guanidine groups is 1. The third-order valence-corrected chi connectivity index (χ3v) is 6.10. The Morgan fingerprint density at radius 3 is 2.71 bits per heavy atom. The standard InChI is InChI=1S/C22H33N5O3S/c1-3-23-22(25-9-5-8-24-21(28)20-17(2)7-12-30-20)26-16-18(19-6-4-15-31-19)27-10-13-29-14-11-27/h4,6-7,12,15,18H,3,5,8-11,13-14,16H2,1-2H3,(H,24,28)(H2,23,25,26). The first-order valence-corrected chi connectivity index (χ1v) is 11.8. The normalized spacial score (nSPS) is 16.1. The van der Waals surface area contributed by atoms with Gasteiger partial charge in [-0.1, -0.05) is 6.07 Å². The average Bonchev–Trinajstić information content (AvgIpc) is 3.46. The highest BCUT2D eigenvalue weighted by Crippen LogP contribution is 2.26. The molecule has 1 unspecified atom stereocenters. The van der Waals surface area contributed by atoms with Crippen molar-refractivity contribution in [2.75, 3.05) is 52.5 Å². The van der Waals surface area contributed by atoms with Crippen LogP contribution in [0.5, 0.6) is 0 Å². The van der Waals surface area contributed by atoms with Crippen LogP contribution in [0.3, 0.4) is 0 Å². The molecular weight excluding hydrogens is 414 g/mol. The molecule has 2 aromatic rings. The molecule has 2 aromatic heterocycles. The maximum Gasteiger partial charge on any atom is 0.287 e. The Morgan fingerprint density at radius 1 is 1.23 bits per heavy atom. The van der Waals surface area contributed by atoms with Gasteiger partial charge in [-0.15, -0.1) is 11.3 Å². The summed E-state index contributed by atoms with van der Waals surface area (Å²) in [5.74, 6) is 1.00. The number of aryl methyl sites for hydroxylation is 1. The second-order valence-electron chi connectivity index (χ2n) is 7.37. The first-order chi connectivity index (χ1) is 15.2. The highest BCUT2D eigenvalue weighted by Gasteiger charge is 2.23. The largest absolute Gasteiger partial charge is 0.459 e. The van der Waals surface area contributed by atoms with E-state index in [1.54, 1.807) is 17.4 Å². The third kappa shape index (κ3) is 7.09. The predicted molar refractivity (Wildman–Crippen MR) is 124 cm³/mol. The van der Waals surface area contributed by atoms with Crippen LogP contribution in [0.1, 0.15) is 40.4 Å². The Labute approximate surface area is 188 Å². The van der Waals surface area contributed by atoms with E-state index in [0.717, 1.165) is 50.8 Å². The van der Waals surface area contributed by atoms with Crippen molar-refractivity contribution in [2.45, 2.75) is 26.3 Å². The van der Waals surface area contributed by atoms with Gasteiger partial charge in [-0.25, -0.2) is 0 Å². The van der Waals surface area contributed by atoms with Gasteiger partial charge in [0, 0.05) is 43.2 Å². The number of carbonyl (C=O) groups excluding carboxylic acids is 1. The number of ether oxygens (including phenoxy) is 1. The molecule has 0 aromatic carbocycles. The van der Waals surface area contributed by atoms with E-state index in [-0.39, 0.29) is 11.9 Å². The molecule has 0 saturated carbocycles. The van der Waals surface area contributed by atoms with Crippen LogP contribution in [-0.4, -0.2) is 69.2 Å². The molecule has 0 spiro atoms. The van der Waals surface area contributed by atoms with Gasteiger partial charge >= 0.3 is 0 Å². The van der Waals surface area contributed by atoms with Crippen molar-refractivity contribution in [1.82, 2.24) is 20.9 Å². The summed E-state index contributed by atoms with van der Waals surface area (Å²) in [6, 6.07) is 6.33. The fourth-order valence-corrected chi connectivity index (χ4v) is 4.31. The summed E-state index contributed by atoms with van der Waals surface area (Å²) in [7, 11) is 0. The van der Waals surface area contributed by atoms with Crippen LogP contribution in [0, 0.1) is 6.92 Å². The van der Waals surface area contributed by atoms with E-state index in [4.69, 9.17) is 14.1 Å². The molecule has 0 radical (unpaired) electrons. The summed E-state index contributed by atoms with van der Waals surface area (Å²) in [6.07, 6.45) is 2.32. The lowest BCUT2D eigenvalue weighted by Crippen LogP contribution is -2.42. The smallest absolute Gasteiger partial charge is 0.287 e. The number of furan rings is 1.